The van der Waals surface area contributed by atoms with E-state index >= 15 is 0 Å². The van der Waals surface area contributed by atoms with Crippen LogP contribution in [0, 0.1) is 6.92 Å². The lowest BCUT2D eigenvalue weighted by atomic mass is 9.98. The van der Waals surface area contributed by atoms with Crippen LogP contribution in [0.4, 0.5) is 0 Å². The molecule has 27 heavy (non-hydrogen) atoms. The third-order valence-corrected chi connectivity index (χ3v) is 5.81. The SMILES string of the molecule is COc1cc2c(cc1OC)CN(C(=O)c1cnc3scc(C)n3c1=O)CC2. The summed E-state index contributed by atoms with van der Waals surface area (Å²) in [5.41, 5.74) is 2.67. The molecule has 3 aromatic rings. The Kier molecular flexibility index (Phi) is 4.35. The van der Waals surface area contributed by atoms with E-state index in [-0.39, 0.29) is 17.0 Å². The van der Waals surface area contributed by atoms with Crippen molar-refractivity contribution in [2.45, 2.75) is 19.9 Å². The van der Waals surface area contributed by atoms with Gasteiger partial charge in [0.25, 0.3) is 11.5 Å². The number of nitrogens with zero attached hydrogens (tertiary/aromatic N) is 3. The van der Waals surface area contributed by atoms with Crippen molar-refractivity contribution in [1.82, 2.24) is 14.3 Å². The van der Waals surface area contributed by atoms with Crippen molar-refractivity contribution in [3.8, 4) is 11.5 Å². The zero-order valence-corrected chi connectivity index (χ0v) is 16.1. The summed E-state index contributed by atoms with van der Waals surface area (Å²) in [6.07, 6.45) is 2.08. The molecule has 1 aliphatic heterocycles. The third kappa shape index (κ3) is 2.86. The number of carbonyl (C=O) groups is 1. The second-order valence-electron chi connectivity index (χ2n) is 6.42. The van der Waals surface area contributed by atoms with Crippen LogP contribution in [0.15, 0.2) is 28.5 Å². The zero-order chi connectivity index (χ0) is 19.1. The summed E-state index contributed by atoms with van der Waals surface area (Å²) in [6.45, 7) is 2.78. The van der Waals surface area contributed by atoms with E-state index in [0.717, 1.165) is 16.8 Å². The van der Waals surface area contributed by atoms with E-state index in [1.807, 2.05) is 24.4 Å². The average molecular weight is 385 g/mol. The molecule has 0 atom stereocenters. The van der Waals surface area contributed by atoms with Gasteiger partial charge in [0, 0.05) is 30.4 Å². The van der Waals surface area contributed by atoms with E-state index < -0.39 is 0 Å². The van der Waals surface area contributed by atoms with Crippen LogP contribution in [0.2, 0.25) is 0 Å². The molecule has 140 valence electrons. The fourth-order valence-corrected chi connectivity index (χ4v) is 4.23. The van der Waals surface area contributed by atoms with Crippen LogP contribution in [0.1, 0.15) is 27.2 Å². The molecule has 1 aromatic carbocycles. The summed E-state index contributed by atoms with van der Waals surface area (Å²) in [6, 6.07) is 3.85. The monoisotopic (exact) mass is 385 g/mol. The minimum Gasteiger partial charge on any atom is -0.493 e. The predicted molar refractivity (Wildman–Crippen MR) is 102 cm³/mol. The number of aryl methyl sites for hydroxylation is 1. The van der Waals surface area contributed by atoms with E-state index in [4.69, 9.17) is 9.47 Å². The Morgan fingerprint density at radius 3 is 2.59 bits per heavy atom. The van der Waals surface area contributed by atoms with Crippen molar-refractivity contribution < 1.29 is 14.3 Å². The number of hydrogen-bond donors (Lipinski definition) is 0. The molecule has 1 amide bonds. The number of benzene rings is 1. The van der Waals surface area contributed by atoms with Gasteiger partial charge in [0.2, 0.25) is 0 Å². The first-order valence-electron chi connectivity index (χ1n) is 8.52. The highest BCUT2D eigenvalue weighted by Crippen LogP contribution is 2.33. The summed E-state index contributed by atoms with van der Waals surface area (Å²) < 4.78 is 12.2. The molecule has 3 heterocycles. The molecule has 0 fully saturated rings. The van der Waals surface area contributed by atoms with Crippen LogP contribution in [0.3, 0.4) is 0 Å². The van der Waals surface area contributed by atoms with Gasteiger partial charge in [0.1, 0.15) is 5.56 Å². The fraction of sp³-hybridized carbons (Fsp3) is 0.316. The highest BCUT2D eigenvalue weighted by molar-refractivity contribution is 7.15. The van der Waals surface area contributed by atoms with Gasteiger partial charge in [-0.15, -0.1) is 11.3 Å². The minimum atomic E-state index is -0.318. The maximum Gasteiger partial charge on any atom is 0.271 e. The number of rotatable bonds is 3. The minimum absolute atomic E-state index is 0.0953. The maximum absolute atomic E-state index is 13.0. The molecule has 7 nitrogen and oxygen atoms in total. The van der Waals surface area contributed by atoms with Crippen molar-refractivity contribution in [1.29, 1.82) is 0 Å². The molecular weight excluding hydrogens is 366 g/mol. The molecule has 0 radical (unpaired) electrons. The lowest BCUT2D eigenvalue weighted by molar-refractivity contribution is 0.0732. The maximum atomic E-state index is 13.0. The number of thiazole rings is 1. The lowest BCUT2D eigenvalue weighted by Gasteiger charge is -2.29. The van der Waals surface area contributed by atoms with Crippen LogP contribution in [0.5, 0.6) is 11.5 Å². The largest absolute Gasteiger partial charge is 0.493 e. The highest BCUT2D eigenvalue weighted by atomic mass is 32.1. The number of aromatic nitrogens is 2. The topological polar surface area (TPSA) is 73.1 Å². The Labute approximate surface area is 159 Å². The van der Waals surface area contributed by atoms with Crippen molar-refractivity contribution in [3.05, 3.63) is 56.4 Å². The number of methoxy groups -OCH3 is 2. The van der Waals surface area contributed by atoms with Crippen LogP contribution in [-0.4, -0.2) is 41.0 Å². The quantitative estimate of drug-likeness (QED) is 0.692. The summed E-state index contributed by atoms with van der Waals surface area (Å²) in [5, 5.41) is 1.86. The number of carbonyl (C=O) groups excluding carboxylic acids is 1. The van der Waals surface area contributed by atoms with Crippen molar-refractivity contribution in [2.75, 3.05) is 20.8 Å². The van der Waals surface area contributed by atoms with E-state index in [1.54, 1.807) is 19.1 Å². The van der Waals surface area contributed by atoms with Crippen LogP contribution < -0.4 is 15.0 Å². The van der Waals surface area contributed by atoms with E-state index in [9.17, 15) is 9.59 Å². The number of ether oxygens (including phenoxy) is 2. The molecule has 4 rings (SSSR count). The number of fused-ring (bicyclic) bond motifs is 2. The Morgan fingerprint density at radius 1 is 1.19 bits per heavy atom. The van der Waals surface area contributed by atoms with Gasteiger partial charge >= 0.3 is 0 Å². The van der Waals surface area contributed by atoms with Crippen molar-refractivity contribution in [2.24, 2.45) is 0 Å². The van der Waals surface area contributed by atoms with Crippen LogP contribution in [-0.2, 0) is 13.0 Å². The van der Waals surface area contributed by atoms with Gasteiger partial charge in [-0.2, -0.15) is 0 Å². The Hall–Kier alpha value is -2.87. The normalized spacial score (nSPS) is 13.5. The zero-order valence-electron chi connectivity index (χ0n) is 15.3. The van der Waals surface area contributed by atoms with Gasteiger partial charge in [-0.1, -0.05) is 0 Å². The van der Waals surface area contributed by atoms with E-state index in [2.05, 4.69) is 4.98 Å². The first-order chi connectivity index (χ1) is 13.0. The second kappa shape index (κ2) is 6.70. The summed E-state index contributed by atoms with van der Waals surface area (Å²) in [7, 11) is 3.19. The molecule has 0 unspecified atom stereocenters. The molecule has 0 N–H and O–H groups in total. The molecule has 0 spiro atoms. The van der Waals surface area contributed by atoms with E-state index in [1.165, 1.54) is 21.9 Å². The average Bonchev–Trinajstić information content (AvgIpc) is 3.07. The molecular formula is C19H19N3O4S. The predicted octanol–water partition coefficient (Wildman–Crippen LogP) is 2.28. The van der Waals surface area contributed by atoms with E-state index in [0.29, 0.717) is 36.0 Å². The van der Waals surface area contributed by atoms with Crippen LogP contribution >= 0.6 is 11.3 Å². The van der Waals surface area contributed by atoms with Gasteiger partial charge < -0.3 is 14.4 Å². The van der Waals surface area contributed by atoms with Gasteiger partial charge in [0.05, 0.1) is 14.2 Å². The number of amides is 1. The molecule has 0 saturated carbocycles. The molecule has 1 aliphatic rings. The number of hydrogen-bond acceptors (Lipinski definition) is 6. The Morgan fingerprint density at radius 2 is 1.89 bits per heavy atom. The summed E-state index contributed by atoms with van der Waals surface area (Å²) >= 11 is 1.38. The van der Waals surface area contributed by atoms with Gasteiger partial charge in [-0.25, -0.2) is 4.98 Å². The standard InChI is InChI=1S/C19H19N3O4S/c1-11-10-27-19-20-8-14(18(24)22(11)19)17(23)21-5-4-12-6-15(25-2)16(26-3)7-13(12)9-21/h6-8,10H,4-5,9H2,1-3H3. The summed E-state index contributed by atoms with van der Waals surface area (Å²) in [5.74, 6) is 1.01. The highest BCUT2D eigenvalue weighted by Gasteiger charge is 2.26. The van der Waals surface area contributed by atoms with Crippen molar-refractivity contribution >= 4 is 22.2 Å². The second-order valence-corrected chi connectivity index (χ2v) is 7.26. The third-order valence-electron chi connectivity index (χ3n) is 4.85. The fourth-order valence-electron chi connectivity index (χ4n) is 3.40. The van der Waals surface area contributed by atoms with Crippen molar-refractivity contribution in [3.63, 3.8) is 0 Å². The molecule has 0 saturated heterocycles. The smallest absolute Gasteiger partial charge is 0.271 e. The first-order valence-corrected chi connectivity index (χ1v) is 9.40. The first kappa shape index (κ1) is 17.5. The molecule has 0 bridgehead atoms. The Bertz CT molecular complexity index is 1100. The molecule has 0 aliphatic carbocycles. The van der Waals surface area contributed by atoms with Crippen LogP contribution in [0.25, 0.3) is 4.96 Å². The van der Waals surface area contributed by atoms with Gasteiger partial charge in [-0.3, -0.25) is 14.0 Å². The summed E-state index contributed by atoms with van der Waals surface area (Å²) in [4.78, 5) is 32.3. The van der Waals surface area contributed by atoms with Gasteiger partial charge in [0.15, 0.2) is 16.5 Å². The Balaban J connectivity index is 1.68. The molecule has 2 aromatic heterocycles. The van der Waals surface area contributed by atoms with Gasteiger partial charge in [-0.05, 0) is 36.6 Å². The lowest BCUT2D eigenvalue weighted by Crippen LogP contribution is -2.39. The molecule has 8 heteroatoms.